The van der Waals surface area contributed by atoms with Crippen molar-refractivity contribution in [1.29, 1.82) is 0 Å². The molecule has 1 aliphatic carbocycles. The van der Waals surface area contributed by atoms with Crippen molar-refractivity contribution in [3.63, 3.8) is 0 Å². The molecule has 0 aromatic carbocycles. The van der Waals surface area contributed by atoms with Crippen LogP contribution in [-0.2, 0) is 11.8 Å². The highest BCUT2D eigenvalue weighted by molar-refractivity contribution is 5.70. The van der Waals surface area contributed by atoms with Crippen molar-refractivity contribution in [3.8, 4) is 0 Å². The van der Waals surface area contributed by atoms with Crippen molar-refractivity contribution in [2.75, 3.05) is 0 Å². The van der Waals surface area contributed by atoms with Crippen LogP contribution < -0.4 is 0 Å². The number of aliphatic carboxylic acids is 1. The second-order valence-electron chi connectivity index (χ2n) is 4.02. The van der Waals surface area contributed by atoms with Gasteiger partial charge in [0.15, 0.2) is 5.82 Å². The van der Waals surface area contributed by atoms with Gasteiger partial charge in [0.25, 0.3) is 0 Å². The number of nitrogens with zero attached hydrogens (tertiary/aromatic N) is 4. The van der Waals surface area contributed by atoms with Crippen LogP contribution in [0.15, 0.2) is 0 Å². The summed E-state index contributed by atoms with van der Waals surface area (Å²) in [5, 5.41) is 20.8. The average Bonchev–Trinajstić information content (AvgIpc) is 2.65. The Morgan fingerprint density at radius 3 is 2.53 bits per heavy atom. The van der Waals surface area contributed by atoms with Crippen LogP contribution in [0, 0.1) is 5.92 Å². The molecule has 0 radical (unpaired) electrons. The summed E-state index contributed by atoms with van der Waals surface area (Å²) in [7, 11) is 1.74. The second kappa shape index (κ2) is 3.96. The van der Waals surface area contributed by atoms with Gasteiger partial charge in [-0.3, -0.25) is 4.79 Å². The van der Waals surface area contributed by atoms with Crippen LogP contribution in [0.1, 0.15) is 37.4 Å². The van der Waals surface area contributed by atoms with E-state index in [-0.39, 0.29) is 11.8 Å². The maximum Gasteiger partial charge on any atom is 0.306 e. The molecule has 0 amide bonds. The molecule has 1 N–H and O–H groups in total. The first-order chi connectivity index (χ1) is 7.16. The standard InChI is InChI=1S/C9H14N4O2/c1-13-11-8(10-12-13)6-2-4-7(5-3-6)9(14)15/h6-7H,2-5H2,1H3,(H,14,15). The van der Waals surface area contributed by atoms with E-state index < -0.39 is 5.97 Å². The number of rotatable bonds is 2. The first-order valence-electron chi connectivity index (χ1n) is 5.13. The van der Waals surface area contributed by atoms with Gasteiger partial charge in [-0.1, -0.05) is 0 Å². The van der Waals surface area contributed by atoms with E-state index in [2.05, 4.69) is 15.4 Å². The number of carboxylic acid groups (broad SMARTS) is 1. The topological polar surface area (TPSA) is 80.9 Å². The fraction of sp³-hybridized carbons (Fsp3) is 0.778. The minimum absolute atomic E-state index is 0.182. The molecule has 0 atom stereocenters. The van der Waals surface area contributed by atoms with E-state index in [9.17, 15) is 4.79 Å². The fourth-order valence-corrected chi connectivity index (χ4v) is 2.06. The highest BCUT2D eigenvalue weighted by Crippen LogP contribution is 2.33. The minimum Gasteiger partial charge on any atom is -0.481 e. The second-order valence-corrected chi connectivity index (χ2v) is 4.02. The van der Waals surface area contributed by atoms with Gasteiger partial charge in [-0.25, -0.2) is 0 Å². The highest BCUT2D eigenvalue weighted by atomic mass is 16.4. The Labute approximate surface area is 87.3 Å². The van der Waals surface area contributed by atoms with Crippen molar-refractivity contribution < 1.29 is 9.90 Å². The summed E-state index contributed by atoms with van der Waals surface area (Å²) in [6, 6.07) is 0. The summed E-state index contributed by atoms with van der Waals surface area (Å²) in [6.07, 6.45) is 3.14. The number of carbonyl (C=O) groups is 1. The molecule has 0 spiro atoms. The third-order valence-electron chi connectivity index (χ3n) is 2.97. The van der Waals surface area contributed by atoms with Gasteiger partial charge < -0.3 is 5.11 Å². The Bertz CT molecular complexity index is 355. The van der Waals surface area contributed by atoms with Crippen LogP contribution in [0.25, 0.3) is 0 Å². The van der Waals surface area contributed by atoms with Crippen LogP contribution >= 0.6 is 0 Å². The Balaban J connectivity index is 1.96. The van der Waals surface area contributed by atoms with Gasteiger partial charge in [0.2, 0.25) is 0 Å². The van der Waals surface area contributed by atoms with Crippen molar-refractivity contribution in [3.05, 3.63) is 5.82 Å². The molecule has 0 aliphatic heterocycles. The maximum absolute atomic E-state index is 10.8. The summed E-state index contributed by atoms with van der Waals surface area (Å²) in [6.45, 7) is 0. The first kappa shape index (κ1) is 10.1. The molecule has 1 aromatic heterocycles. The third kappa shape index (κ3) is 2.14. The molecule has 1 fully saturated rings. The van der Waals surface area contributed by atoms with E-state index in [1.54, 1.807) is 7.05 Å². The van der Waals surface area contributed by atoms with Gasteiger partial charge in [0.1, 0.15) is 0 Å². The van der Waals surface area contributed by atoms with Gasteiger partial charge in [-0.05, 0) is 30.9 Å². The lowest BCUT2D eigenvalue weighted by Crippen LogP contribution is -2.21. The maximum atomic E-state index is 10.8. The molecule has 1 aliphatic rings. The Hall–Kier alpha value is -1.46. The van der Waals surface area contributed by atoms with Gasteiger partial charge >= 0.3 is 5.97 Å². The summed E-state index contributed by atoms with van der Waals surface area (Å²) in [5.41, 5.74) is 0. The number of carboxylic acids is 1. The lowest BCUT2D eigenvalue weighted by molar-refractivity contribution is -0.142. The van der Waals surface area contributed by atoms with Gasteiger partial charge in [-0.15, -0.1) is 10.2 Å². The van der Waals surface area contributed by atoms with E-state index in [4.69, 9.17) is 5.11 Å². The SMILES string of the molecule is Cn1nnc(C2CCC(C(=O)O)CC2)n1. The molecule has 0 unspecified atom stereocenters. The molecule has 1 heterocycles. The van der Waals surface area contributed by atoms with Crippen LogP contribution in [0.3, 0.4) is 0 Å². The Morgan fingerprint density at radius 2 is 2.07 bits per heavy atom. The number of hydrogen-bond acceptors (Lipinski definition) is 4. The molecule has 0 saturated heterocycles. The summed E-state index contributed by atoms with van der Waals surface area (Å²) in [5.74, 6) is 0.175. The number of aryl methyl sites for hydroxylation is 1. The van der Waals surface area contributed by atoms with E-state index in [1.807, 2.05) is 0 Å². The molecule has 1 saturated carbocycles. The van der Waals surface area contributed by atoms with E-state index in [0.717, 1.165) is 31.5 Å². The number of tetrazole rings is 1. The summed E-state index contributed by atoms with van der Waals surface area (Å²) in [4.78, 5) is 12.2. The van der Waals surface area contributed by atoms with E-state index in [1.165, 1.54) is 4.80 Å². The zero-order valence-electron chi connectivity index (χ0n) is 8.63. The van der Waals surface area contributed by atoms with Crippen LogP contribution in [0.2, 0.25) is 0 Å². The third-order valence-corrected chi connectivity index (χ3v) is 2.97. The quantitative estimate of drug-likeness (QED) is 0.771. The zero-order valence-corrected chi connectivity index (χ0v) is 8.63. The van der Waals surface area contributed by atoms with E-state index in [0.29, 0.717) is 0 Å². The zero-order chi connectivity index (χ0) is 10.8. The lowest BCUT2D eigenvalue weighted by Gasteiger charge is -2.23. The van der Waals surface area contributed by atoms with Gasteiger partial charge in [-0.2, -0.15) is 4.80 Å². The normalized spacial score (nSPS) is 26.5. The first-order valence-corrected chi connectivity index (χ1v) is 5.13. The molecular formula is C9H14N4O2. The molecule has 0 bridgehead atoms. The molecule has 82 valence electrons. The molecule has 1 aromatic rings. The van der Waals surface area contributed by atoms with Crippen molar-refractivity contribution in [1.82, 2.24) is 20.2 Å². The highest BCUT2D eigenvalue weighted by Gasteiger charge is 2.28. The lowest BCUT2D eigenvalue weighted by atomic mass is 9.82. The smallest absolute Gasteiger partial charge is 0.306 e. The number of aromatic nitrogens is 4. The fourth-order valence-electron chi connectivity index (χ4n) is 2.06. The van der Waals surface area contributed by atoms with Gasteiger partial charge in [0, 0.05) is 5.92 Å². The monoisotopic (exact) mass is 210 g/mol. The largest absolute Gasteiger partial charge is 0.481 e. The Kier molecular flexibility index (Phi) is 2.66. The predicted molar refractivity (Wildman–Crippen MR) is 51.1 cm³/mol. The van der Waals surface area contributed by atoms with Crippen LogP contribution in [0.4, 0.5) is 0 Å². The molecular weight excluding hydrogens is 196 g/mol. The molecule has 15 heavy (non-hydrogen) atoms. The minimum atomic E-state index is -0.680. The Morgan fingerprint density at radius 1 is 1.40 bits per heavy atom. The summed E-state index contributed by atoms with van der Waals surface area (Å²) >= 11 is 0. The van der Waals surface area contributed by atoms with Crippen molar-refractivity contribution in [2.45, 2.75) is 31.6 Å². The molecule has 6 heteroatoms. The average molecular weight is 210 g/mol. The predicted octanol–water partition coefficient (Wildman–Crippen LogP) is 0.568. The molecule has 6 nitrogen and oxygen atoms in total. The molecule has 2 rings (SSSR count). The van der Waals surface area contributed by atoms with Crippen molar-refractivity contribution >= 4 is 5.97 Å². The van der Waals surface area contributed by atoms with Crippen LogP contribution in [-0.4, -0.2) is 31.3 Å². The van der Waals surface area contributed by atoms with Crippen LogP contribution in [0.5, 0.6) is 0 Å². The van der Waals surface area contributed by atoms with E-state index >= 15 is 0 Å². The van der Waals surface area contributed by atoms with Crippen molar-refractivity contribution in [2.24, 2.45) is 13.0 Å². The van der Waals surface area contributed by atoms with Gasteiger partial charge in [0.05, 0.1) is 13.0 Å². The number of hydrogen-bond donors (Lipinski definition) is 1. The summed E-state index contributed by atoms with van der Waals surface area (Å²) < 4.78 is 0.